The van der Waals surface area contributed by atoms with E-state index in [1.165, 1.54) is 6.07 Å². The van der Waals surface area contributed by atoms with Gasteiger partial charge in [-0.3, -0.25) is 9.99 Å². The van der Waals surface area contributed by atoms with Gasteiger partial charge in [-0.1, -0.05) is 0 Å². The molecule has 2 aliphatic rings. The van der Waals surface area contributed by atoms with E-state index in [4.69, 9.17) is 0 Å². The number of pyridine rings is 2. The van der Waals surface area contributed by atoms with Gasteiger partial charge in [-0.05, 0) is 50.6 Å². The van der Waals surface area contributed by atoms with Crippen molar-refractivity contribution in [1.82, 2.24) is 20.4 Å². The normalized spacial score (nSPS) is 19.1. The molecule has 0 amide bonds. The second kappa shape index (κ2) is 6.54. The zero-order valence-corrected chi connectivity index (χ0v) is 15.7. The van der Waals surface area contributed by atoms with Crippen LogP contribution in [0.4, 0.5) is 19.0 Å². The minimum Gasteiger partial charge on any atom is -0.329 e. The van der Waals surface area contributed by atoms with Crippen LogP contribution in [0.25, 0.3) is 5.57 Å². The van der Waals surface area contributed by atoms with Gasteiger partial charge in [-0.2, -0.15) is 13.2 Å². The van der Waals surface area contributed by atoms with Crippen LogP contribution in [0.3, 0.4) is 0 Å². The van der Waals surface area contributed by atoms with Gasteiger partial charge in [0.25, 0.3) is 0 Å². The standard InChI is InChI=1S/C20H20F3N5/c1-12-6-15(7-13(2)26-12)17-9-25-28-14(3)10-27(11-18(17)28)19-5-4-16(8-24-19)20(21,22)23/h4-9,11,14,25H,10H2,1-3H3/t14-/m0/s1. The predicted molar refractivity (Wildman–Crippen MR) is 101 cm³/mol. The number of alkyl halides is 3. The minimum atomic E-state index is -4.39. The Balaban J connectivity index is 1.69. The van der Waals surface area contributed by atoms with E-state index in [0.29, 0.717) is 12.4 Å². The van der Waals surface area contributed by atoms with Crippen LogP contribution >= 0.6 is 0 Å². The highest BCUT2D eigenvalue weighted by atomic mass is 19.4. The summed E-state index contributed by atoms with van der Waals surface area (Å²) in [4.78, 5) is 10.3. The van der Waals surface area contributed by atoms with Crippen molar-refractivity contribution in [3.05, 3.63) is 71.1 Å². The lowest BCUT2D eigenvalue weighted by atomic mass is 10.0. The molecule has 0 bridgehead atoms. The molecule has 4 rings (SSSR count). The second-order valence-electron chi connectivity index (χ2n) is 7.11. The third kappa shape index (κ3) is 3.30. The molecule has 2 aliphatic heterocycles. The largest absolute Gasteiger partial charge is 0.417 e. The molecule has 0 saturated heterocycles. The molecule has 0 unspecified atom stereocenters. The number of hydrogen-bond acceptors (Lipinski definition) is 5. The van der Waals surface area contributed by atoms with E-state index >= 15 is 0 Å². The molecule has 28 heavy (non-hydrogen) atoms. The fourth-order valence-corrected chi connectivity index (χ4v) is 3.57. The molecular weight excluding hydrogens is 367 g/mol. The summed E-state index contributed by atoms with van der Waals surface area (Å²) in [5.74, 6) is 0.486. The molecule has 0 spiro atoms. The Kier molecular flexibility index (Phi) is 4.28. The quantitative estimate of drug-likeness (QED) is 0.843. The smallest absolute Gasteiger partial charge is 0.329 e. The summed E-state index contributed by atoms with van der Waals surface area (Å²) in [6.07, 6.45) is 0.356. The van der Waals surface area contributed by atoms with Gasteiger partial charge < -0.3 is 10.3 Å². The number of nitrogens with zero attached hydrogens (tertiary/aromatic N) is 4. The average molecular weight is 387 g/mol. The zero-order valence-electron chi connectivity index (χ0n) is 15.7. The monoisotopic (exact) mass is 387 g/mol. The first-order valence-corrected chi connectivity index (χ1v) is 8.96. The molecule has 2 aromatic rings. The SMILES string of the molecule is Cc1cc(C2=CNN3C2=CN(c2ccc(C(F)(F)F)cn2)C[C@@H]3C)cc(C)n1. The molecule has 5 nitrogen and oxygen atoms in total. The topological polar surface area (TPSA) is 44.3 Å². The Hall–Kier alpha value is -3.03. The summed E-state index contributed by atoms with van der Waals surface area (Å²) in [7, 11) is 0. The van der Waals surface area contributed by atoms with E-state index in [9.17, 15) is 13.2 Å². The molecule has 0 aromatic carbocycles. The summed E-state index contributed by atoms with van der Waals surface area (Å²) in [5.41, 5.74) is 7.40. The van der Waals surface area contributed by atoms with Crippen molar-refractivity contribution in [2.75, 3.05) is 11.4 Å². The molecule has 146 valence electrons. The number of hydrazine groups is 1. The van der Waals surface area contributed by atoms with Crippen LogP contribution in [0.1, 0.15) is 29.4 Å². The van der Waals surface area contributed by atoms with E-state index in [1.54, 1.807) is 0 Å². The van der Waals surface area contributed by atoms with Crippen LogP contribution in [0.15, 0.2) is 48.6 Å². The second-order valence-corrected chi connectivity index (χ2v) is 7.11. The molecular formula is C20H20F3N5. The maximum atomic E-state index is 12.8. The van der Waals surface area contributed by atoms with Gasteiger partial charge in [-0.25, -0.2) is 4.98 Å². The summed E-state index contributed by atoms with van der Waals surface area (Å²) >= 11 is 0. The summed E-state index contributed by atoms with van der Waals surface area (Å²) < 4.78 is 38.4. The van der Waals surface area contributed by atoms with E-state index in [0.717, 1.165) is 40.5 Å². The highest BCUT2D eigenvalue weighted by Gasteiger charge is 2.33. The zero-order chi connectivity index (χ0) is 20.1. The summed E-state index contributed by atoms with van der Waals surface area (Å²) in [6, 6.07) is 6.61. The Morgan fingerprint density at radius 1 is 1.14 bits per heavy atom. The summed E-state index contributed by atoms with van der Waals surface area (Å²) in [5, 5.41) is 2.06. The summed E-state index contributed by atoms with van der Waals surface area (Å²) in [6.45, 7) is 6.56. The average Bonchev–Trinajstić information content (AvgIpc) is 3.05. The maximum absolute atomic E-state index is 12.8. The van der Waals surface area contributed by atoms with Crippen LogP contribution in [-0.2, 0) is 6.18 Å². The van der Waals surface area contributed by atoms with Gasteiger partial charge in [0.1, 0.15) is 5.82 Å². The first-order valence-electron chi connectivity index (χ1n) is 8.96. The lowest BCUT2D eigenvalue weighted by molar-refractivity contribution is -0.137. The van der Waals surface area contributed by atoms with E-state index < -0.39 is 11.7 Å². The van der Waals surface area contributed by atoms with Crippen molar-refractivity contribution < 1.29 is 13.2 Å². The molecule has 0 fully saturated rings. The first kappa shape index (κ1) is 18.3. The van der Waals surface area contributed by atoms with Crippen molar-refractivity contribution >= 4 is 11.4 Å². The lowest BCUT2D eigenvalue weighted by Crippen LogP contribution is -2.47. The Labute approximate surface area is 161 Å². The number of anilines is 1. The maximum Gasteiger partial charge on any atom is 0.417 e. The highest BCUT2D eigenvalue weighted by molar-refractivity contribution is 5.81. The highest BCUT2D eigenvalue weighted by Crippen LogP contribution is 2.35. The van der Waals surface area contributed by atoms with Gasteiger partial charge in [-0.15, -0.1) is 0 Å². The fourth-order valence-electron chi connectivity index (χ4n) is 3.57. The number of halogens is 3. The third-order valence-corrected chi connectivity index (χ3v) is 4.83. The van der Waals surface area contributed by atoms with Gasteiger partial charge in [0.15, 0.2) is 0 Å². The van der Waals surface area contributed by atoms with Crippen LogP contribution in [0, 0.1) is 13.8 Å². The van der Waals surface area contributed by atoms with Crippen LogP contribution < -0.4 is 10.3 Å². The Morgan fingerprint density at radius 3 is 2.46 bits per heavy atom. The molecule has 0 radical (unpaired) electrons. The minimum absolute atomic E-state index is 0.0990. The van der Waals surface area contributed by atoms with Gasteiger partial charge in [0.05, 0.1) is 17.3 Å². The van der Waals surface area contributed by atoms with Crippen molar-refractivity contribution in [1.29, 1.82) is 0 Å². The van der Waals surface area contributed by atoms with Crippen molar-refractivity contribution in [2.24, 2.45) is 0 Å². The Bertz CT molecular complexity index is 943. The van der Waals surface area contributed by atoms with E-state index in [2.05, 4.69) is 27.3 Å². The van der Waals surface area contributed by atoms with Crippen LogP contribution in [0.5, 0.6) is 0 Å². The number of rotatable bonds is 2. The molecule has 4 heterocycles. The molecule has 2 aromatic heterocycles. The van der Waals surface area contributed by atoms with Gasteiger partial charge in [0.2, 0.25) is 0 Å². The van der Waals surface area contributed by atoms with E-state index in [-0.39, 0.29) is 6.04 Å². The first-order chi connectivity index (χ1) is 13.2. The van der Waals surface area contributed by atoms with Gasteiger partial charge in [0, 0.05) is 42.1 Å². The number of aromatic nitrogens is 2. The third-order valence-electron chi connectivity index (χ3n) is 4.83. The number of nitrogens with one attached hydrogen (secondary N) is 1. The van der Waals surface area contributed by atoms with E-state index in [1.807, 2.05) is 43.3 Å². The Morgan fingerprint density at radius 2 is 1.86 bits per heavy atom. The number of hydrogen-bond donors (Lipinski definition) is 1. The van der Waals surface area contributed by atoms with Crippen molar-refractivity contribution in [2.45, 2.75) is 33.0 Å². The number of allylic oxidation sites excluding steroid dienone is 1. The predicted octanol–water partition coefficient (Wildman–Crippen LogP) is 4.02. The molecule has 0 aliphatic carbocycles. The van der Waals surface area contributed by atoms with Crippen molar-refractivity contribution in [3.63, 3.8) is 0 Å². The lowest BCUT2D eigenvalue weighted by Gasteiger charge is -2.37. The fraction of sp³-hybridized carbons (Fsp3) is 0.300. The van der Waals surface area contributed by atoms with Crippen molar-refractivity contribution in [3.8, 4) is 0 Å². The molecule has 8 heteroatoms. The molecule has 1 atom stereocenters. The molecule has 1 N–H and O–H groups in total. The van der Waals surface area contributed by atoms with Crippen LogP contribution in [0.2, 0.25) is 0 Å². The molecule has 0 saturated carbocycles. The van der Waals surface area contributed by atoms with Gasteiger partial charge >= 0.3 is 6.18 Å². The number of fused-ring (bicyclic) bond motifs is 1. The van der Waals surface area contributed by atoms with Crippen LogP contribution in [-0.4, -0.2) is 27.6 Å². The number of aryl methyl sites for hydroxylation is 2.